The third kappa shape index (κ3) is 3.40. The Morgan fingerprint density at radius 1 is 1.24 bits per heavy atom. The second kappa shape index (κ2) is 6.56. The molecule has 126 valence electrons. The molecule has 1 heterocycles. The lowest BCUT2D eigenvalue weighted by Gasteiger charge is -1.99. The van der Waals surface area contributed by atoms with Crippen molar-refractivity contribution >= 4 is 28.7 Å². The van der Waals surface area contributed by atoms with Crippen LogP contribution in [0.2, 0.25) is 0 Å². The Morgan fingerprint density at radius 3 is 2.80 bits per heavy atom. The molecule has 0 bridgehead atoms. The van der Waals surface area contributed by atoms with Crippen LogP contribution < -0.4 is 5.43 Å². The normalized spacial score (nSPS) is 11.1. The van der Waals surface area contributed by atoms with Crippen LogP contribution in [-0.4, -0.2) is 22.0 Å². The number of benzene rings is 2. The van der Waals surface area contributed by atoms with Crippen molar-refractivity contribution in [2.24, 2.45) is 5.10 Å². The van der Waals surface area contributed by atoms with E-state index < -0.39 is 4.92 Å². The van der Waals surface area contributed by atoms with Gasteiger partial charge >= 0.3 is 0 Å². The topological polar surface area (TPSA) is 100 Å². The van der Waals surface area contributed by atoms with Crippen LogP contribution in [0.4, 0.5) is 5.69 Å². The molecule has 3 aromatic rings. The van der Waals surface area contributed by atoms with Crippen molar-refractivity contribution in [3.63, 3.8) is 0 Å². The van der Waals surface area contributed by atoms with Crippen LogP contribution in [0.5, 0.6) is 0 Å². The summed E-state index contributed by atoms with van der Waals surface area (Å²) < 4.78 is 0. The molecule has 0 saturated heterocycles. The number of nitro groups is 1. The SMILES string of the molecule is Cc1ccc2[nH]c(C(=O)NN=Cc3cccc([N+](=O)[O-])c3)c(C)c2c1. The van der Waals surface area contributed by atoms with Gasteiger partial charge in [-0.2, -0.15) is 5.10 Å². The summed E-state index contributed by atoms with van der Waals surface area (Å²) in [6.07, 6.45) is 1.37. The van der Waals surface area contributed by atoms with E-state index in [0.29, 0.717) is 11.3 Å². The molecule has 3 rings (SSSR count). The van der Waals surface area contributed by atoms with E-state index in [1.807, 2.05) is 32.0 Å². The van der Waals surface area contributed by atoms with Crippen molar-refractivity contribution in [3.05, 3.63) is 75.0 Å². The molecule has 0 spiro atoms. The lowest BCUT2D eigenvalue weighted by atomic mass is 10.1. The number of nitrogens with zero attached hydrogens (tertiary/aromatic N) is 2. The van der Waals surface area contributed by atoms with E-state index in [1.165, 1.54) is 18.3 Å². The van der Waals surface area contributed by atoms with Gasteiger partial charge in [0.25, 0.3) is 11.6 Å². The van der Waals surface area contributed by atoms with Crippen LogP contribution in [0.25, 0.3) is 10.9 Å². The van der Waals surface area contributed by atoms with Gasteiger partial charge in [-0.25, -0.2) is 5.43 Å². The largest absolute Gasteiger partial charge is 0.350 e. The van der Waals surface area contributed by atoms with E-state index >= 15 is 0 Å². The number of aromatic nitrogens is 1. The molecule has 1 aromatic heterocycles. The quantitative estimate of drug-likeness (QED) is 0.433. The van der Waals surface area contributed by atoms with Crippen molar-refractivity contribution in [1.29, 1.82) is 0 Å². The number of hydrazone groups is 1. The molecule has 2 aromatic carbocycles. The van der Waals surface area contributed by atoms with Gasteiger partial charge in [0.2, 0.25) is 0 Å². The molecule has 0 aliphatic carbocycles. The predicted molar refractivity (Wildman–Crippen MR) is 95.9 cm³/mol. The van der Waals surface area contributed by atoms with Crippen LogP contribution in [0, 0.1) is 24.0 Å². The number of H-pyrrole nitrogens is 1. The molecular formula is C18H16N4O3. The van der Waals surface area contributed by atoms with E-state index in [1.54, 1.807) is 12.1 Å². The smallest absolute Gasteiger partial charge is 0.288 e. The van der Waals surface area contributed by atoms with Gasteiger partial charge in [-0.15, -0.1) is 0 Å². The predicted octanol–water partition coefficient (Wildman–Crippen LogP) is 3.46. The minimum atomic E-state index is -0.480. The minimum absolute atomic E-state index is 0.0305. The van der Waals surface area contributed by atoms with Gasteiger partial charge in [-0.1, -0.05) is 23.8 Å². The Bertz CT molecular complexity index is 1000. The Labute approximate surface area is 143 Å². The number of hydrogen-bond donors (Lipinski definition) is 2. The van der Waals surface area contributed by atoms with E-state index in [0.717, 1.165) is 22.0 Å². The molecule has 0 saturated carbocycles. The van der Waals surface area contributed by atoms with Gasteiger partial charge in [0.15, 0.2) is 0 Å². The molecule has 0 radical (unpaired) electrons. The molecule has 0 fully saturated rings. The molecule has 7 heteroatoms. The fourth-order valence-corrected chi connectivity index (χ4v) is 2.61. The third-order valence-corrected chi connectivity index (χ3v) is 3.90. The number of amides is 1. The summed E-state index contributed by atoms with van der Waals surface area (Å²) in [5.74, 6) is -0.368. The zero-order valence-corrected chi connectivity index (χ0v) is 13.7. The number of hydrogen-bond acceptors (Lipinski definition) is 4. The average molecular weight is 336 g/mol. The number of nitrogens with one attached hydrogen (secondary N) is 2. The lowest BCUT2D eigenvalue weighted by Crippen LogP contribution is -2.18. The second-order valence-electron chi connectivity index (χ2n) is 5.73. The van der Waals surface area contributed by atoms with Gasteiger partial charge in [0.05, 0.1) is 11.1 Å². The van der Waals surface area contributed by atoms with Crippen LogP contribution in [0.3, 0.4) is 0 Å². The van der Waals surface area contributed by atoms with Gasteiger partial charge < -0.3 is 4.98 Å². The summed E-state index contributed by atoms with van der Waals surface area (Å²) in [6, 6.07) is 11.9. The minimum Gasteiger partial charge on any atom is -0.350 e. The highest BCUT2D eigenvalue weighted by Crippen LogP contribution is 2.22. The standard InChI is InChI=1S/C18H16N4O3/c1-11-6-7-16-15(8-11)12(2)17(20-16)18(23)21-19-10-13-4-3-5-14(9-13)22(24)25/h3-10,20H,1-2H3,(H,21,23). The van der Waals surface area contributed by atoms with Gasteiger partial charge in [0, 0.05) is 28.6 Å². The molecule has 0 atom stereocenters. The molecule has 1 amide bonds. The first-order valence-corrected chi connectivity index (χ1v) is 7.62. The summed E-state index contributed by atoms with van der Waals surface area (Å²) in [6.45, 7) is 3.87. The highest BCUT2D eigenvalue weighted by atomic mass is 16.6. The van der Waals surface area contributed by atoms with Crippen LogP contribution in [0.1, 0.15) is 27.2 Å². The summed E-state index contributed by atoms with van der Waals surface area (Å²) in [5.41, 5.74) is 6.23. The first-order valence-electron chi connectivity index (χ1n) is 7.62. The summed E-state index contributed by atoms with van der Waals surface area (Å²) in [4.78, 5) is 25.7. The van der Waals surface area contributed by atoms with E-state index in [4.69, 9.17) is 0 Å². The third-order valence-electron chi connectivity index (χ3n) is 3.90. The highest BCUT2D eigenvalue weighted by molar-refractivity contribution is 6.01. The maximum absolute atomic E-state index is 12.3. The Morgan fingerprint density at radius 2 is 2.04 bits per heavy atom. The van der Waals surface area contributed by atoms with Crippen molar-refractivity contribution in [2.75, 3.05) is 0 Å². The van der Waals surface area contributed by atoms with Crippen molar-refractivity contribution < 1.29 is 9.72 Å². The molecule has 2 N–H and O–H groups in total. The summed E-state index contributed by atoms with van der Waals surface area (Å²) >= 11 is 0. The Balaban J connectivity index is 1.78. The van der Waals surface area contributed by atoms with Crippen LogP contribution in [-0.2, 0) is 0 Å². The van der Waals surface area contributed by atoms with Crippen LogP contribution in [0.15, 0.2) is 47.6 Å². The highest BCUT2D eigenvalue weighted by Gasteiger charge is 2.14. The molecule has 0 aliphatic rings. The molecule has 0 unspecified atom stereocenters. The van der Waals surface area contributed by atoms with Crippen LogP contribution >= 0.6 is 0 Å². The fourth-order valence-electron chi connectivity index (χ4n) is 2.61. The number of carbonyl (C=O) groups excluding carboxylic acids is 1. The average Bonchev–Trinajstić information content (AvgIpc) is 2.91. The molecule has 7 nitrogen and oxygen atoms in total. The van der Waals surface area contributed by atoms with E-state index in [9.17, 15) is 14.9 Å². The van der Waals surface area contributed by atoms with Gasteiger partial charge in [-0.3, -0.25) is 14.9 Å². The number of non-ortho nitro benzene ring substituents is 1. The summed E-state index contributed by atoms with van der Waals surface area (Å²) in [5, 5.41) is 15.6. The number of carbonyl (C=O) groups is 1. The molecule has 0 aliphatic heterocycles. The fraction of sp³-hybridized carbons (Fsp3) is 0.111. The number of aryl methyl sites for hydroxylation is 2. The first-order chi connectivity index (χ1) is 12.0. The van der Waals surface area contributed by atoms with E-state index in [2.05, 4.69) is 15.5 Å². The maximum atomic E-state index is 12.3. The lowest BCUT2D eigenvalue weighted by molar-refractivity contribution is -0.384. The first kappa shape index (κ1) is 16.4. The zero-order valence-electron chi connectivity index (χ0n) is 13.7. The van der Waals surface area contributed by atoms with Gasteiger partial charge in [0.1, 0.15) is 5.69 Å². The maximum Gasteiger partial charge on any atom is 0.288 e. The van der Waals surface area contributed by atoms with E-state index in [-0.39, 0.29) is 11.6 Å². The summed E-state index contributed by atoms with van der Waals surface area (Å²) in [7, 11) is 0. The molecular weight excluding hydrogens is 320 g/mol. The zero-order chi connectivity index (χ0) is 18.0. The Hall–Kier alpha value is -3.48. The number of fused-ring (bicyclic) bond motifs is 1. The van der Waals surface area contributed by atoms with Crippen molar-refractivity contribution in [1.82, 2.24) is 10.4 Å². The van der Waals surface area contributed by atoms with Crippen molar-refractivity contribution in [3.8, 4) is 0 Å². The number of nitro benzene ring substituents is 1. The van der Waals surface area contributed by atoms with Crippen molar-refractivity contribution in [2.45, 2.75) is 13.8 Å². The second-order valence-corrected chi connectivity index (χ2v) is 5.73. The number of aromatic amines is 1. The molecule has 25 heavy (non-hydrogen) atoms. The van der Waals surface area contributed by atoms with Gasteiger partial charge in [-0.05, 0) is 31.5 Å². The Kier molecular flexibility index (Phi) is 4.30. The number of rotatable bonds is 4. The monoisotopic (exact) mass is 336 g/mol.